The van der Waals surface area contributed by atoms with E-state index in [9.17, 15) is 5.11 Å². The highest BCUT2D eigenvalue weighted by Gasteiger charge is 2.04. The Kier molecular flexibility index (Phi) is 4.55. The molecule has 0 atom stereocenters. The van der Waals surface area contributed by atoms with Crippen molar-refractivity contribution in [2.24, 2.45) is 0 Å². The van der Waals surface area contributed by atoms with Crippen molar-refractivity contribution in [3.8, 4) is 0 Å². The van der Waals surface area contributed by atoms with Crippen LogP contribution in [-0.2, 0) is 0 Å². The first-order valence-electron chi connectivity index (χ1n) is 3.74. The lowest BCUT2D eigenvalue weighted by molar-refractivity contribution is 0.133. The molecule has 0 aliphatic carbocycles. The Morgan fingerprint density at radius 1 is 1.36 bits per heavy atom. The summed E-state index contributed by atoms with van der Waals surface area (Å²) in [4.78, 5) is 0. The van der Waals surface area contributed by atoms with Crippen molar-refractivity contribution >= 4 is 0 Å². The fraction of sp³-hybridized carbons (Fsp3) is 0.400. The first-order chi connectivity index (χ1) is 5.06. The third kappa shape index (κ3) is 9.18. The smallest absolute Gasteiger partial charge is 0.0771 e. The highest BCUT2D eigenvalue weighted by atomic mass is 16.3. The van der Waals surface area contributed by atoms with Gasteiger partial charge in [-0.05, 0) is 20.3 Å². The van der Waals surface area contributed by atoms with Gasteiger partial charge < -0.3 is 5.11 Å². The average molecular weight is 152 g/mol. The zero-order valence-corrected chi connectivity index (χ0v) is 7.25. The summed E-state index contributed by atoms with van der Waals surface area (Å²) in [6, 6.07) is 0. The maximum atomic E-state index is 9.24. The van der Waals surface area contributed by atoms with Gasteiger partial charge in [0.05, 0.1) is 5.60 Å². The van der Waals surface area contributed by atoms with Crippen LogP contribution in [0.2, 0.25) is 0 Å². The molecule has 0 fully saturated rings. The number of rotatable bonds is 4. The summed E-state index contributed by atoms with van der Waals surface area (Å²) < 4.78 is 0. The van der Waals surface area contributed by atoms with Crippen molar-refractivity contribution in [2.45, 2.75) is 25.9 Å². The summed E-state index contributed by atoms with van der Waals surface area (Å²) in [6.45, 7) is 7.05. The molecule has 1 heteroatoms. The van der Waals surface area contributed by atoms with Crippen LogP contribution in [0.15, 0.2) is 37.0 Å². The summed E-state index contributed by atoms with van der Waals surface area (Å²) in [6.07, 6.45) is 10.2. The van der Waals surface area contributed by atoms with Gasteiger partial charge in [0.25, 0.3) is 0 Å². The summed E-state index contributed by atoms with van der Waals surface area (Å²) in [7, 11) is 0. The topological polar surface area (TPSA) is 20.2 Å². The van der Waals surface area contributed by atoms with Gasteiger partial charge in [-0.3, -0.25) is 0 Å². The second kappa shape index (κ2) is 4.91. The molecule has 0 heterocycles. The molecule has 0 aromatic heterocycles. The van der Waals surface area contributed by atoms with Gasteiger partial charge >= 0.3 is 0 Å². The van der Waals surface area contributed by atoms with Crippen LogP contribution in [-0.4, -0.2) is 10.7 Å². The molecule has 0 unspecified atom stereocenters. The van der Waals surface area contributed by atoms with Crippen molar-refractivity contribution in [3.05, 3.63) is 37.0 Å². The number of allylic oxidation sites excluding steroid dienone is 4. The molecule has 1 nitrogen and oxygen atoms in total. The second-order valence-electron chi connectivity index (χ2n) is 2.96. The van der Waals surface area contributed by atoms with E-state index in [-0.39, 0.29) is 0 Å². The number of aliphatic hydroxyl groups is 1. The van der Waals surface area contributed by atoms with E-state index in [2.05, 4.69) is 6.58 Å². The monoisotopic (exact) mass is 152 g/mol. The van der Waals surface area contributed by atoms with E-state index >= 15 is 0 Å². The molecule has 0 radical (unpaired) electrons. The summed E-state index contributed by atoms with van der Waals surface area (Å²) in [5, 5.41) is 9.24. The van der Waals surface area contributed by atoms with Crippen molar-refractivity contribution in [3.63, 3.8) is 0 Å². The van der Waals surface area contributed by atoms with Gasteiger partial charge in [-0.15, -0.1) is 0 Å². The Bertz CT molecular complexity index is 158. The van der Waals surface area contributed by atoms with E-state index in [1.54, 1.807) is 26.0 Å². The SMILES string of the molecule is C=CC=CCC=CC(C)(C)O. The molecule has 0 amide bonds. The highest BCUT2D eigenvalue weighted by molar-refractivity contribution is 5.03. The Labute approximate surface area is 68.7 Å². The van der Waals surface area contributed by atoms with E-state index in [1.807, 2.05) is 18.2 Å². The molecular formula is C10H16O. The molecule has 62 valence electrons. The van der Waals surface area contributed by atoms with Crippen molar-refractivity contribution in [1.82, 2.24) is 0 Å². The van der Waals surface area contributed by atoms with Crippen LogP contribution in [0.25, 0.3) is 0 Å². The maximum absolute atomic E-state index is 9.24. The zero-order valence-electron chi connectivity index (χ0n) is 7.25. The van der Waals surface area contributed by atoms with Crippen molar-refractivity contribution in [1.29, 1.82) is 0 Å². The molecule has 0 aliphatic rings. The molecule has 1 N–H and O–H groups in total. The highest BCUT2D eigenvalue weighted by Crippen LogP contribution is 2.02. The minimum absolute atomic E-state index is 0.692. The third-order valence-electron chi connectivity index (χ3n) is 1.07. The van der Waals surface area contributed by atoms with Gasteiger partial charge in [-0.2, -0.15) is 0 Å². The Balaban J connectivity index is 3.61. The molecular weight excluding hydrogens is 136 g/mol. The molecule has 11 heavy (non-hydrogen) atoms. The molecule has 0 saturated heterocycles. The molecule has 0 bridgehead atoms. The van der Waals surface area contributed by atoms with Gasteiger partial charge in [0, 0.05) is 0 Å². The molecule has 0 saturated carbocycles. The van der Waals surface area contributed by atoms with Crippen LogP contribution in [0.3, 0.4) is 0 Å². The fourth-order valence-corrected chi connectivity index (χ4v) is 0.610. The van der Waals surface area contributed by atoms with Crippen LogP contribution < -0.4 is 0 Å². The molecule has 0 aromatic rings. The Hall–Kier alpha value is -0.820. The van der Waals surface area contributed by atoms with E-state index in [4.69, 9.17) is 0 Å². The normalized spacial score (nSPS) is 13.0. The molecule has 0 aliphatic heterocycles. The molecule has 0 spiro atoms. The number of hydrogen-bond acceptors (Lipinski definition) is 1. The van der Waals surface area contributed by atoms with Crippen molar-refractivity contribution < 1.29 is 5.11 Å². The van der Waals surface area contributed by atoms with Gasteiger partial charge in [0.2, 0.25) is 0 Å². The van der Waals surface area contributed by atoms with Gasteiger partial charge in [-0.25, -0.2) is 0 Å². The Morgan fingerprint density at radius 2 is 2.00 bits per heavy atom. The average Bonchev–Trinajstić information content (AvgIpc) is 1.85. The Morgan fingerprint density at radius 3 is 2.45 bits per heavy atom. The lowest BCUT2D eigenvalue weighted by Gasteiger charge is -2.09. The van der Waals surface area contributed by atoms with Crippen LogP contribution in [0.5, 0.6) is 0 Å². The van der Waals surface area contributed by atoms with Gasteiger partial charge in [0.1, 0.15) is 0 Å². The second-order valence-corrected chi connectivity index (χ2v) is 2.96. The largest absolute Gasteiger partial charge is 0.386 e. The van der Waals surface area contributed by atoms with E-state index in [0.717, 1.165) is 6.42 Å². The standard InChI is InChI=1S/C10H16O/c1-4-5-6-7-8-9-10(2,3)11/h4-6,8-9,11H,1,7H2,2-3H3. The van der Waals surface area contributed by atoms with Gasteiger partial charge in [-0.1, -0.05) is 37.0 Å². The van der Waals surface area contributed by atoms with Crippen LogP contribution in [0, 0.1) is 0 Å². The summed E-state index contributed by atoms with van der Waals surface area (Å²) in [5.74, 6) is 0. The summed E-state index contributed by atoms with van der Waals surface area (Å²) >= 11 is 0. The van der Waals surface area contributed by atoms with E-state index in [0.29, 0.717) is 0 Å². The maximum Gasteiger partial charge on any atom is 0.0771 e. The predicted octanol–water partition coefficient (Wildman–Crippen LogP) is 2.45. The van der Waals surface area contributed by atoms with E-state index in [1.165, 1.54) is 0 Å². The van der Waals surface area contributed by atoms with E-state index < -0.39 is 5.60 Å². The molecule has 0 aromatic carbocycles. The van der Waals surface area contributed by atoms with Crippen LogP contribution in [0.1, 0.15) is 20.3 Å². The fourth-order valence-electron chi connectivity index (χ4n) is 0.610. The minimum Gasteiger partial charge on any atom is -0.386 e. The first-order valence-corrected chi connectivity index (χ1v) is 3.74. The third-order valence-corrected chi connectivity index (χ3v) is 1.07. The lowest BCUT2D eigenvalue weighted by atomic mass is 10.1. The van der Waals surface area contributed by atoms with Crippen molar-refractivity contribution in [2.75, 3.05) is 0 Å². The van der Waals surface area contributed by atoms with Crippen LogP contribution in [0.4, 0.5) is 0 Å². The zero-order chi connectivity index (χ0) is 8.74. The molecule has 0 rings (SSSR count). The lowest BCUT2D eigenvalue weighted by Crippen LogP contribution is -2.13. The first kappa shape index (κ1) is 10.2. The number of hydrogen-bond donors (Lipinski definition) is 1. The predicted molar refractivity (Wildman–Crippen MR) is 49.4 cm³/mol. The minimum atomic E-state index is -0.692. The quantitative estimate of drug-likeness (QED) is 0.484. The van der Waals surface area contributed by atoms with Crippen LogP contribution >= 0.6 is 0 Å². The van der Waals surface area contributed by atoms with Gasteiger partial charge in [0.15, 0.2) is 0 Å². The summed E-state index contributed by atoms with van der Waals surface area (Å²) in [5.41, 5.74) is -0.692.